The second kappa shape index (κ2) is 8.55. The summed E-state index contributed by atoms with van der Waals surface area (Å²) in [5.41, 5.74) is 3.13. The smallest absolute Gasteiger partial charge is 0.269 e. The summed E-state index contributed by atoms with van der Waals surface area (Å²) in [4.78, 5) is 26.5. The van der Waals surface area contributed by atoms with Crippen LogP contribution in [0.15, 0.2) is 66.0 Å². The number of nitro groups is 1. The summed E-state index contributed by atoms with van der Waals surface area (Å²) < 4.78 is 0. The zero-order valence-corrected chi connectivity index (χ0v) is 16.6. The van der Waals surface area contributed by atoms with Crippen LogP contribution < -0.4 is 5.32 Å². The normalized spacial score (nSPS) is 14.8. The maximum Gasteiger partial charge on any atom is 0.269 e. The van der Waals surface area contributed by atoms with Crippen molar-refractivity contribution < 1.29 is 9.72 Å². The zero-order chi connectivity index (χ0) is 20.2. The van der Waals surface area contributed by atoms with Gasteiger partial charge in [0.2, 0.25) is 0 Å². The van der Waals surface area contributed by atoms with E-state index in [4.69, 9.17) is 0 Å². The summed E-state index contributed by atoms with van der Waals surface area (Å²) in [5, 5.41) is 15.9. The third kappa shape index (κ3) is 4.36. The lowest BCUT2D eigenvalue weighted by Gasteiger charge is -2.35. The Morgan fingerprint density at radius 3 is 2.55 bits per heavy atom. The maximum atomic E-state index is 12.6. The van der Waals surface area contributed by atoms with Crippen molar-refractivity contribution in [1.29, 1.82) is 0 Å². The number of rotatable bonds is 6. The number of fused-ring (bicyclic) bond motifs is 1. The van der Waals surface area contributed by atoms with Gasteiger partial charge in [-0.2, -0.15) is 0 Å². The Bertz CT molecular complexity index is 1000. The first-order valence-corrected chi connectivity index (χ1v) is 10.4. The Hall–Kier alpha value is -3.03. The van der Waals surface area contributed by atoms with Crippen LogP contribution in [0.25, 0.3) is 0 Å². The molecule has 1 aromatic heterocycles. The highest BCUT2D eigenvalue weighted by Gasteiger charge is 2.26. The van der Waals surface area contributed by atoms with E-state index in [-0.39, 0.29) is 17.6 Å². The molecule has 0 unspecified atom stereocenters. The highest BCUT2D eigenvalue weighted by molar-refractivity contribution is 7.10. The molecule has 148 valence electrons. The van der Waals surface area contributed by atoms with Gasteiger partial charge in [-0.25, -0.2) is 0 Å². The van der Waals surface area contributed by atoms with Crippen LogP contribution in [-0.4, -0.2) is 28.8 Å². The first-order chi connectivity index (χ1) is 14.1. The van der Waals surface area contributed by atoms with Crippen LogP contribution >= 0.6 is 11.3 Å². The molecule has 0 spiro atoms. The molecule has 4 rings (SSSR count). The van der Waals surface area contributed by atoms with Crippen LogP contribution in [-0.2, 0) is 13.0 Å². The van der Waals surface area contributed by atoms with Gasteiger partial charge in [0.1, 0.15) is 0 Å². The van der Waals surface area contributed by atoms with Gasteiger partial charge in [0.25, 0.3) is 11.6 Å². The molecule has 1 atom stereocenters. The molecule has 7 heteroatoms. The zero-order valence-electron chi connectivity index (χ0n) is 15.8. The van der Waals surface area contributed by atoms with E-state index in [2.05, 4.69) is 45.9 Å². The second-order valence-electron chi connectivity index (χ2n) is 7.03. The average Bonchev–Trinajstić information content (AvgIpc) is 3.28. The summed E-state index contributed by atoms with van der Waals surface area (Å²) >= 11 is 1.69. The van der Waals surface area contributed by atoms with Gasteiger partial charge in [-0.05, 0) is 41.1 Å². The number of benzene rings is 2. The van der Waals surface area contributed by atoms with E-state index in [0.717, 1.165) is 19.5 Å². The van der Waals surface area contributed by atoms with Crippen molar-refractivity contribution in [3.8, 4) is 0 Å². The van der Waals surface area contributed by atoms with Gasteiger partial charge in [0.15, 0.2) is 0 Å². The van der Waals surface area contributed by atoms with E-state index in [1.54, 1.807) is 11.3 Å². The molecule has 1 amide bonds. The Kier molecular flexibility index (Phi) is 5.69. The van der Waals surface area contributed by atoms with Crippen LogP contribution in [0, 0.1) is 10.1 Å². The molecule has 29 heavy (non-hydrogen) atoms. The van der Waals surface area contributed by atoms with Crippen molar-refractivity contribution in [1.82, 2.24) is 10.2 Å². The van der Waals surface area contributed by atoms with Crippen molar-refractivity contribution in [2.75, 3.05) is 13.1 Å². The molecular weight excluding hydrogens is 386 g/mol. The number of hydrogen-bond acceptors (Lipinski definition) is 5. The Balaban J connectivity index is 1.47. The van der Waals surface area contributed by atoms with Crippen LogP contribution in [0.3, 0.4) is 0 Å². The number of thiophene rings is 1. The number of hydrogen-bond donors (Lipinski definition) is 1. The SMILES string of the molecule is O=C(NC[C@H](c1cccs1)N1CCc2ccccc2C1)c1ccc([N+](=O)[O-])cc1. The van der Waals surface area contributed by atoms with Gasteiger partial charge in [0.05, 0.1) is 11.0 Å². The summed E-state index contributed by atoms with van der Waals surface area (Å²) in [6, 6.07) is 18.4. The molecule has 2 heterocycles. The maximum absolute atomic E-state index is 12.6. The molecular formula is C22H21N3O3S. The minimum Gasteiger partial charge on any atom is -0.350 e. The lowest BCUT2D eigenvalue weighted by atomic mass is 9.98. The molecule has 0 bridgehead atoms. The van der Waals surface area contributed by atoms with Gasteiger partial charge >= 0.3 is 0 Å². The fourth-order valence-electron chi connectivity index (χ4n) is 3.70. The first-order valence-electron chi connectivity index (χ1n) is 9.49. The highest BCUT2D eigenvalue weighted by Crippen LogP contribution is 2.30. The van der Waals surface area contributed by atoms with E-state index < -0.39 is 4.92 Å². The van der Waals surface area contributed by atoms with Crippen molar-refractivity contribution >= 4 is 22.9 Å². The molecule has 1 aliphatic rings. The third-order valence-electron chi connectivity index (χ3n) is 5.27. The van der Waals surface area contributed by atoms with Gasteiger partial charge in [0, 0.05) is 42.2 Å². The number of nitrogens with zero attached hydrogens (tertiary/aromatic N) is 2. The quantitative estimate of drug-likeness (QED) is 0.491. The molecule has 0 saturated heterocycles. The number of carbonyl (C=O) groups excluding carboxylic acids is 1. The predicted molar refractivity (Wildman–Crippen MR) is 113 cm³/mol. The Labute approximate surface area is 172 Å². The molecule has 6 nitrogen and oxygen atoms in total. The fourth-order valence-corrected chi connectivity index (χ4v) is 4.56. The molecule has 0 saturated carbocycles. The summed E-state index contributed by atoms with van der Waals surface area (Å²) in [7, 11) is 0. The monoisotopic (exact) mass is 407 g/mol. The lowest BCUT2D eigenvalue weighted by Crippen LogP contribution is -2.40. The van der Waals surface area contributed by atoms with Gasteiger partial charge in [-0.15, -0.1) is 11.3 Å². The number of nitrogens with one attached hydrogen (secondary N) is 1. The average molecular weight is 407 g/mol. The summed E-state index contributed by atoms with van der Waals surface area (Å²) in [6.45, 7) is 2.28. The third-order valence-corrected chi connectivity index (χ3v) is 6.24. The van der Waals surface area contributed by atoms with Crippen molar-refractivity contribution in [2.24, 2.45) is 0 Å². The number of amides is 1. The number of carbonyl (C=O) groups is 1. The summed E-state index contributed by atoms with van der Waals surface area (Å²) in [6.07, 6.45) is 0.994. The molecule has 1 N–H and O–H groups in total. The molecule has 0 aliphatic carbocycles. The molecule has 0 fully saturated rings. The van der Waals surface area contributed by atoms with Crippen LogP contribution in [0.5, 0.6) is 0 Å². The van der Waals surface area contributed by atoms with Gasteiger partial charge in [-0.3, -0.25) is 19.8 Å². The van der Waals surface area contributed by atoms with E-state index >= 15 is 0 Å². The largest absolute Gasteiger partial charge is 0.350 e. The van der Waals surface area contributed by atoms with E-state index in [9.17, 15) is 14.9 Å². The number of non-ortho nitro benzene ring substituents is 1. The fraction of sp³-hybridized carbons (Fsp3) is 0.227. The second-order valence-corrected chi connectivity index (χ2v) is 8.01. The minimum atomic E-state index is -0.470. The van der Waals surface area contributed by atoms with Gasteiger partial charge < -0.3 is 5.32 Å². The van der Waals surface area contributed by atoms with Crippen molar-refractivity contribution in [3.63, 3.8) is 0 Å². The molecule has 0 radical (unpaired) electrons. The Morgan fingerprint density at radius 1 is 1.10 bits per heavy atom. The van der Waals surface area contributed by atoms with E-state index in [0.29, 0.717) is 12.1 Å². The Morgan fingerprint density at radius 2 is 1.86 bits per heavy atom. The van der Waals surface area contributed by atoms with Crippen LogP contribution in [0.2, 0.25) is 0 Å². The molecule has 1 aliphatic heterocycles. The predicted octanol–water partition coefficient (Wildman–Crippen LogP) is 4.19. The van der Waals surface area contributed by atoms with Crippen LogP contribution in [0.1, 0.15) is 32.4 Å². The topological polar surface area (TPSA) is 75.5 Å². The molecule has 3 aromatic rings. The standard InChI is InChI=1S/C22H21N3O3S/c26-22(17-7-9-19(10-8-17)25(27)28)23-14-20(21-6-3-13-29-21)24-12-11-16-4-1-2-5-18(16)15-24/h1-10,13,20H,11-12,14-15H2,(H,23,26)/t20-/m1/s1. The minimum absolute atomic E-state index is 0.0232. The molecule has 2 aromatic carbocycles. The summed E-state index contributed by atoms with van der Waals surface area (Å²) in [5.74, 6) is -0.223. The van der Waals surface area contributed by atoms with Crippen molar-refractivity contribution in [2.45, 2.75) is 19.0 Å². The highest BCUT2D eigenvalue weighted by atomic mass is 32.1. The van der Waals surface area contributed by atoms with Gasteiger partial charge in [-0.1, -0.05) is 30.3 Å². The first kappa shape index (κ1) is 19.3. The lowest BCUT2D eigenvalue weighted by molar-refractivity contribution is -0.384. The number of nitro benzene ring substituents is 1. The van der Waals surface area contributed by atoms with Crippen molar-refractivity contribution in [3.05, 3.63) is 97.7 Å². The van der Waals surface area contributed by atoms with E-state index in [1.807, 2.05) is 6.07 Å². The van der Waals surface area contributed by atoms with Crippen LogP contribution in [0.4, 0.5) is 5.69 Å². The van der Waals surface area contributed by atoms with E-state index in [1.165, 1.54) is 40.3 Å².